The van der Waals surface area contributed by atoms with E-state index in [1.165, 1.54) is 5.56 Å². The van der Waals surface area contributed by atoms with Gasteiger partial charge in [0.1, 0.15) is 5.82 Å². The minimum absolute atomic E-state index is 0.0758. The fraction of sp³-hybridized carbons (Fsp3) is 0.333. The van der Waals surface area contributed by atoms with Crippen LogP contribution in [0.5, 0.6) is 0 Å². The second-order valence-electron chi connectivity index (χ2n) is 4.73. The molecule has 0 aliphatic carbocycles. The van der Waals surface area contributed by atoms with Gasteiger partial charge in [-0.15, -0.1) is 0 Å². The van der Waals surface area contributed by atoms with Crippen molar-refractivity contribution in [3.8, 4) is 0 Å². The molecule has 1 aromatic carbocycles. The molecule has 1 aromatic heterocycles. The van der Waals surface area contributed by atoms with Crippen LogP contribution in [0.2, 0.25) is 0 Å². The van der Waals surface area contributed by atoms with Crippen molar-refractivity contribution < 1.29 is 5.11 Å². The monoisotopic (exact) mass is 257 g/mol. The second-order valence-corrected chi connectivity index (χ2v) is 4.73. The first kappa shape index (κ1) is 13.5. The topological polar surface area (TPSA) is 49.2 Å². The lowest BCUT2D eigenvalue weighted by Crippen LogP contribution is -2.31. The van der Waals surface area contributed by atoms with Gasteiger partial charge in [-0.3, -0.25) is 4.98 Å². The number of nitrogens with zero attached hydrogens (tertiary/aromatic N) is 3. The third-order valence-corrected chi connectivity index (χ3v) is 2.97. The zero-order valence-corrected chi connectivity index (χ0v) is 11.3. The Kier molecular flexibility index (Phi) is 4.47. The van der Waals surface area contributed by atoms with Gasteiger partial charge in [-0.1, -0.05) is 30.3 Å². The van der Waals surface area contributed by atoms with E-state index in [4.69, 9.17) is 5.11 Å². The summed E-state index contributed by atoms with van der Waals surface area (Å²) in [5, 5.41) is 9.00. The lowest BCUT2D eigenvalue weighted by atomic mass is 10.2. The number of hydrogen-bond acceptors (Lipinski definition) is 4. The van der Waals surface area contributed by atoms with Crippen LogP contribution < -0.4 is 4.90 Å². The summed E-state index contributed by atoms with van der Waals surface area (Å²) in [6.45, 7) is 4.98. The number of aromatic nitrogens is 2. The van der Waals surface area contributed by atoms with Gasteiger partial charge in [0.25, 0.3) is 0 Å². The van der Waals surface area contributed by atoms with E-state index in [9.17, 15) is 0 Å². The summed E-state index contributed by atoms with van der Waals surface area (Å²) >= 11 is 0. The average Bonchev–Trinajstić information content (AvgIpc) is 2.46. The van der Waals surface area contributed by atoms with Gasteiger partial charge < -0.3 is 10.0 Å². The van der Waals surface area contributed by atoms with Crippen molar-refractivity contribution >= 4 is 5.82 Å². The molecular formula is C15H19N3O. The Bertz CT molecular complexity index is 497. The number of rotatable bonds is 5. The number of aliphatic hydroxyl groups is 1. The first-order chi connectivity index (χ1) is 9.20. The molecule has 1 N–H and O–H groups in total. The Morgan fingerprint density at radius 1 is 1.11 bits per heavy atom. The molecule has 0 atom stereocenters. The van der Waals surface area contributed by atoms with Crippen LogP contribution in [0, 0.1) is 0 Å². The van der Waals surface area contributed by atoms with Crippen molar-refractivity contribution in [2.24, 2.45) is 0 Å². The summed E-state index contributed by atoms with van der Waals surface area (Å²) < 4.78 is 0. The van der Waals surface area contributed by atoms with Gasteiger partial charge in [0.2, 0.25) is 0 Å². The van der Waals surface area contributed by atoms with Crippen LogP contribution in [-0.2, 0) is 13.2 Å². The average molecular weight is 257 g/mol. The maximum atomic E-state index is 9.00. The molecule has 0 amide bonds. The predicted octanol–water partition coefficient (Wildman–Crippen LogP) is 2.38. The maximum Gasteiger partial charge on any atom is 0.147 e. The molecule has 0 spiro atoms. The molecule has 4 heteroatoms. The highest BCUT2D eigenvalue weighted by atomic mass is 16.3. The molecule has 1 heterocycles. The molecule has 0 fully saturated rings. The molecular weight excluding hydrogens is 238 g/mol. The highest BCUT2D eigenvalue weighted by Crippen LogP contribution is 2.16. The number of aliphatic hydroxyl groups excluding tert-OH is 1. The maximum absolute atomic E-state index is 9.00. The smallest absolute Gasteiger partial charge is 0.147 e. The first-order valence-electron chi connectivity index (χ1n) is 6.43. The van der Waals surface area contributed by atoms with Gasteiger partial charge in [0.15, 0.2) is 0 Å². The van der Waals surface area contributed by atoms with Crippen LogP contribution in [-0.4, -0.2) is 21.1 Å². The summed E-state index contributed by atoms with van der Waals surface area (Å²) in [5.74, 6) is 0.830. The molecule has 0 bridgehead atoms. The van der Waals surface area contributed by atoms with Gasteiger partial charge in [0.05, 0.1) is 24.7 Å². The molecule has 2 aromatic rings. The van der Waals surface area contributed by atoms with Crippen molar-refractivity contribution in [2.45, 2.75) is 33.0 Å². The number of anilines is 1. The Morgan fingerprint density at radius 2 is 1.84 bits per heavy atom. The molecule has 0 saturated heterocycles. The minimum atomic E-state index is -0.0758. The Balaban J connectivity index is 2.19. The van der Waals surface area contributed by atoms with E-state index in [-0.39, 0.29) is 6.61 Å². The zero-order valence-electron chi connectivity index (χ0n) is 11.3. The molecule has 0 aliphatic heterocycles. The van der Waals surface area contributed by atoms with E-state index in [0.717, 1.165) is 12.4 Å². The van der Waals surface area contributed by atoms with E-state index in [1.807, 2.05) is 18.2 Å². The van der Waals surface area contributed by atoms with Gasteiger partial charge in [-0.05, 0) is 19.4 Å². The van der Waals surface area contributed by atoms with Crippen molar-refractivity contribution in [1.29, 1.82) is 0 Å². The Hall–Kier alpha value is -1.94. The van der Waals surface area contributed by atoms with Crippen LogP contribution in [0.1, 0.15) is 25.1 Å². The number of benzene rings is 1. The summed E-state index contributed by atoms with van der Waals surface area (Å²) in [4.78, 5) is 10.7. The predicted molar refractivity (Wildman–Crippen MR) is 75.7 cm³/mol. The molecule has 0 saturated carbocycles. The second kappa shape index (κ2) is 6.29. The summed E-state index contributed by atoms with van der Waals surface area (Å²) in [6.07, 6.45) is 3.34. The van der Waals surface area contributed by atoms with Crippen LogP contribution in [0.3, 0.4) is 0 Å². The van der Waals surface area contributed by atoms with Crippen molar-refractivity contribution in [1.82, 2.24) is 9.97 Å². The van der Waals surface area contributed by atoms with Gasteiger partial charge in [-0.25, -0.2) is 4.98 Å². The molecule has 4 nitrogen and oxygen atoms in total. The van der Waals surface area contributed by atoms with Crippen LogP contribution >= 0.6 is 0 Å². The van der Waals surface area contributed by atoms with Crippen LogP contribution in [0.4, 0.5) is 5.82 Å². The standard InChI is InChI=1S/C15H19N3O/c1-12(2)18(10-13-6-4-3-5-7-13)15-9-16-14(11-19)8-17-15/h3-9,12,19H,10-11H2,1-2H3. The zero-order chi connectivity index (χ0) is 13.7. The van der Waals surface area contributed by atoms with E-state index in [2.05, 4.69) is 40.8 Å². The largest absolute Gasteiger partial charge is 0.390 e. The quantitative estimate of drug-likeness (QED) is 0.893. The lowest BCUT2D eigenvalue weighted by Gasteiger charge is -2.27. The van der Waals surface area contributed by atoms with E-state index >= 15 is 0 Å². The fourth-order valence-electron chi connectivity index (χ4n) is 1.89. The van der Waals surface area contributed by atoms with E-state index in [0.29, 0.717) is 11.7 Å². The third kappa shape index (κ3) is 3.51. The fourth-order valence-corrected chi connectivity index (χ4v) is 1.89. The summed E-state index contributed by atoms with van der Waals surface area (Å²) in [6, 6.07) is 10.6. The van der Waals surface area contributed by atoms with Crippen molar-refractivity contribution in [3.63, 3.8) is 0 Å². The van der Waals surface area contributed by atoms with Gasteiger partial charge >= 0.3 is 0 Å². The third-order valence-electron chi connectivity index (χ3n) is 2.97. The minimum Gasteiger partial charge on any atom is -0.390 e. The Morgan fingerprint density at radius 3 is 2.37 bits per heavy atom. The number of hydrogen-bond donors (Lipinski definition) is 1. The summed E-state index contributed by atoms with van der Waals surface area (Å²) in [5.41, 5.74) is 1.83. The molecule has 19 heavy (non-hydrogen) atoms. The highest BCUT2D eigenvalue weighted by Gasteiger charge is 2.12. The normalized spacial score (nSPS) is 10.7. The molecule has 2 rings (SSSR count). The molecule has 0 aliphatic rings. The van der Waals surface area contributed by atoms with Crippen LogP contribution in [0.25, 0.3) is 0 Å². The van der Waals surface area contributed by atoms with E-state index < -0.39 is 0 Å². The Labute approximate surface area is 113 Å². The van der Waals surface area contributed by atoms with Gasteiger partial charge in [-0.2, -0.15) is 0 Å². The first-order valence-corrected chi connectivity index (χ1v) is 6.43. The lowest BCUT2D eigenvalue weighted by molar-refractivity contribution is 0.276. The van der Waals surface area contributed by atoms with Crippen molar-refractivity contribution in [3.05, 3.63) is 54.0 Å². The van der Waals surface area contributed by atoms with E-state index in [1.54, 1.807) is 12.4 Å². The molecule has 0 unspecified atom stereocenters. The molecule has 100 valence electrons. The van der Waals surface area contributed by atoms with Crippen molar-refractivity contribution in [2.75, 3.05) is 4.90 Å². The van der Waals surface area contributed by atoms with Crippen LogP contribution in [0.15, 0.2) is 42.7 Å². The molecule has 0 radical (unpaired) electrons. The van der Waals surface area contributed by atoms with Gasteiger partial charge in [0, 0.05) is 12.6 Å². The highest BCUT2D eigenvalue weighted by molar-refractivity contribution is 5.38. The SMILES string of the molecule is CC(C)N(Cc1ccccc1)c1cnc(CO)cn1. The summed E-state index contributed by atoms with van der Waals surface area (Å²) in [7, 11) is 0.